The largest absolute Gasteiger partial charge is 0.472 e. The van der Waals surface area contributed by atoms with Crippen LogP contribution in [0, 0.1) is 10.1 Å². The molecule has 0 unspecified atom stereocenters. The van der Waals surface area contributed by atoms with E-state index in [-0.39, 0.29) is 17.2 Å². The second-order valence-electron chi connectivity index (χ2n) is 4.69. The fraction of sp³-hybridized carbons (Fsp3) is 0.267. The molecule has 2 rings (SSSR count). The van der Waals surface area contributed by atoms with Crippen LogP contribution in [0.15, 0.2) is 41.2 Å². The maximum Gasteiger partial charge on any atom is 0.293 e. The van der Waals surface area contributed by atoms with E-state index in [4.69, 9.17) is 4.42 Å². The maximum absolute atomic E-state index is 11.6. The quantitative estimate of drug-likeness (QED) is 0.654. The van der Waals surface area contributed by atoms with Gasteiger partial charge in [0, 0.05) is 37.3 Å². The van der Waals surface area contributed by atoms with Crippen molar-refractivity contribution >= 4 is 17.3 Å². The van der Waals surface area contributed by atoms with Crippen molar-refractivity contribution in [2.75, 3.05) is 18.5 Å². The van der Waals surface area contributed by atoms with Gasteiger partial charge in [0.25, 0.3) is 11.6 Å². The lowest BCUT2D eigenvalue weighted by molar-refractivity contribution is -0.384. The molecule has 7 heteroatoms. The molecule has 0 saturated carbocycles. The second-order valence-corrected chi connectivity index (χ2v) is 4.69. The number of rotatable bonds is 6. The van der Waals surface area contributed by atoms with E-state index in [1.807, 2.05) is 17.9 Å². The van der Waals surface area contributed by atoms with Gasteiger partial charge >= 0.3 is 0 Å². The standard InChI is InChI=1S/C15H17N3O4/c1-3-17(9-11-6-7-22-10-11)13-5-4-12(15(19)16-2)8-14(13)18(20)21/h4-8,10H,3,9H2,1-2H3,(H,16,19). The minimum atomic E-state index is -0.472. The van der Waals surface area contributed by atoms with Crippen molar-refractivity contribution in [3.8, 4) is 0 Å². The number of nitro groups is 1. The third-order valence-corrected chi connectivity index (χ3v) is 3.34. The van der Waals surface area contributed by atoms with Gasteiger partial charge in [-0.1, -0.05) is 0 Å². The number of anilines is 1. The molecule has 1 amide bonds. The van der Waals surface area contributed by atoms with E-state index in [2.05, 4.69) is 5.32 Å². The lowest BCUT2D eigenvalue weighted by Crippen LogP contribution is -2.23. The zero-order chi connectivity index (χ0) is 16.1. The number of carbonyl (C=O) groups excluding carboxylic acids is 1. The van der Waals surface area contributed by atoms with Crippen LogP contribution in [0.5, 0.6) is 0 Å². The molecule has 0 saturated heterocycles. The first kappa shape index (κ1) is 15.6. The summed E-state index contributed by atoms with van der Waals surface area (Å²) in [6.45, 7) is 3.00. The van der Waals surface area contributed by atoms with Crippen molar-refractivity contribution in [3.63, 3.8) is 0 Å². The van der Waals surface area contributed by atoms with Crippen molar-refractivity contribution in [2.45, 2.75) is 13.5 Å². The highest BCUT2D eigenvalue weighted by molar-refractivity contribution is 5.95. The Balaban J connectivity index is 2.39. The van der Waals surface area contributed by atoms with Crippen LogP contribution < -0.4 is 10.2 Å². The van der Waals surface area contributed by atoms with E-state index in [1.54, 1.807) is 24.7 Å². The number of nitro benzene ring substituents is 1. The summed E-state index contributed by atoms with van der Waals surface area (Å²) >= 11 is 0. The number of hydrogen-bond donors (Lipinski definition) is 1. The van der Waals surface area contributed by atoms with Gasteiger partial charge in [-0.05, 0) is 25.1 Å². The van der Waals surface area contributed by atoms with Gasteiger partial charge in [0.2, 0.25) is 0 Å². The zero-order valence-electron chi connectivity index (χ0n) is 12.4. The zero-order valence-corrected chi connectivity index (χ0v) is 12.4. The molecule has 0 aliphatic heterocycles. The van der Waals surface area contributed by atoms with Crippen molar-refractivity contribution in [1.82, 2.24) is 5.32 Å². The average Bonchev–Trinajstić information content (AvgIpc) is 3.04. The Morgan fingerprint density at radius 3 is 2.73 bits per heavy atom. The molecule has 2 aromatic rings. The number of hydrogen-bond acceptors (Lipinski definition) is 5. The van der Waals surface area contributed by atoms with Gasteiger partial charge in [-0.25, -0.2) is 0 Å². The molecule has 1 aromatic heterocycles. The SMILES string of the molecule is CCN(Cc1ccoc1)c1ccc(C(=O)NC)cc1[N+](=O)[O-]. The van der Waals surface area contributed by atoms with Gasteiger partial charge in [0.15, 0.2) is 0 Å². The number of nitrogens with one attached hydrogen (secondary N) is 1. The van der Waals surface area contributed by atoms with E-state index in [0.29, 0.717) is 18.8 Å². The fourth-order valence-corrected chi connectivity index (χ4v) is 2.19. The normalized spacial score (nSPS) is 10.3. The first-order valence-corrected chi connectivity index (χ1v) is 6.83. The lowest BCUT2D eigenvalue weighted by atomic mass is 10.1. The van der Waals surface area contributed by atoms with Crippen LogP contribution in [0.2, 0.25) is 0 Å². The lowest BCUT2D eigenvalue weighted by Gasteiger charge is -2.22. The predicted octanol–water partition coefficient (Wildman–Crippen LogP) is 2.57. The Bertz CT molecular complexity index is 667. The minimum Gasteiger partial charge on any atom is -0.472 e. The predicted molar refractivity (Wildman–Crippen MR) is 81.9 cm³/mol. The monoisotopic (exact) mass is 303 g/mol. The van der Waals surface area contributed by atoms with Gasteiger partial charge < -0.3 is 14.6 Å². The summed E-state index contributed by atoms with van der Waals surface area (Å²) in [4.78, 5) is 24.4. The minimum absolute atomic E-state index is 0.0913. The van der Waals surface area contributed by atoms with Crippen LogP contribution >= 0.6 is 0 Å². The van der Waals surface area contributed by atoms with Gasteiger partial charge in [-0.2, -0.15) is 0 Å². The Morgan fingerprint density at radius 1 is 1.41 bits per heavy atom. The number of carbonyl (C=O) groups is 1. The average molecular weight is 303 g/mol. The smallest absolute Gasteiger partial charge is 0.293 e. The van der Waals surface area contributed by atoms with Crippen LogP contribution in [0.1, 0.15) is 22.8 Å². The molecule has 1 heterocycles. The highest BCUT2D eigenvalue weighted by atomic mass is 16.6. The molecule has 1 aromatic carbocycles. The molecule has 7 nitrogen and oxygen atoms in total. The first-order chi connectivity index (χ1) is 10.6. The van der Waals surface area contributed by atoms with Crippen LogP contribution in [0.4, 0.5) is 11.4 Å². The Hall–Kier alpha value is -2.83. The Labute approximate surface area is 127 Å². The van der Waals surface area contributed by atoms with Crippen LogP contribution in [0.3, 0.4) is 0 Å². The van der Waals surface area contributed by atoms with Crippen molar-refractivity contribution in [1.29, 1.82) is 0 Å². The molecular weight excluding hydrogens is 286 g/mol. The summed E-state index contributed by atoms with van der Waals surface area (Å²) in [5.41, 5.74) is 1.57. The van der Waals surface area contributed by atoms with E-state index < -0.39 is 4.92 Å². The van der Waals surface area contributed by atoms with Gasteiger partial charge in [-0.3, -0.25) is 14.9 Å². The molecule has 0 aliphatic rings. The summed E-state index contributed by atoms with van der Waals surface area (Å²) in [6, 6.07) is 6.30. The number of benzene rings is 1. The van der Waals surface area contributed by atoms with Crippen molar-refractivity contribution in [2.24, 2.45) is 0 Å². The van der Waals surface area contributed by atoms with E-state index in [1.165, 1.54) is 13.1 Å². The summed E-state index contributed by atoms with van der Waals surface area (Å²) < 4.78 is 5.03. The number of furan rings is 1. The summed E-state index contributed by atoms with van der Waals surface area (Å²) in [7, 11) is 1.49. The molecular formula is C15H17N3O4. The number of nitrogens with zero attached hydrogens (tertiary/aromatic N) is 2. The molecule has 1 N–H and O–H groups in total. The van der Waals surface area contributed by atoms with Crippen LogP contribution in [0.25, 0.3) is 0 Å². The molecule has 0 fully saturated rings. The second kappa shape index (κ2) is 6.75. The summed E-state index contributed by atoms with van der Waals surface area (Å²) in [5.74, 6) is -0.354. The molecule has 0 spiro atoms. The maximum atomic E-state index is 11.6. The van der Waals surface area contributed by atoms with Crippen molar-refractivity contribution < 1.29 is 14.1 Å². The van der Waals surface area contributed by atoms with Gasteiger partial charge in [0.1, 0.15) is 5.69 Å². The first-order valence-electron chi connectivity index (χ1n) is 6.83. The molecule has 0 aliphatic carbocycles. The van der Waals surface area contributed by atoms with Gasteiger partial charge in [-0.15, -0.1) is 0 Å². The third-order valence-electron chi connectivity index (χ3n) is 3.34. The Kier molecular flexibility index (Phi) is 4.77. The third kappa shape index (κ3) is 3.25. The summed E-state index contributed by atoms with van der Waals surface area (Å²) in [5, 5.41) is 13.8. The molecule has 22 heavy (non-hydrogen) atoms. The van der Waals surface area contributed by atoms with E-state index in [0.717, 1.165) is 5.56 Å². The fourth-order valence-electron chi connectivity index (χ4n) is 2.19. The molecule has 116 valence electrons. The van der Waals surface area contributed by atoms with Crippen LogP contribution in [-0.4, -0.2) is 24.4 Å². The van der Waals surface area contributed by atoms with Crippen LogP contribution in [-0.2, 0) is 6.54 Å². The highest BCUT2D eigenvalue weighted by Gasteiger charge is 2.21. The van der Waals surface area contributed by atoms with E-state index >= 15 is 0 Å². The Morgan fingerprint density at radius 2 is 2.18 bits per heavy atom. The number of amides is 1. The molecule has 0 bridgehead atoms. The highest BCUT2D eigenvalue weighted by Crippen LogP contribution is 2.30. The molecule has 0 atom stereocenters. The molecule has 0 radical (unpaired) electrons. The van der Waals surface area contributed by atoms with Crippen molar-refractivity contribution in [3.05, 3.63) is 58.0 Å². The topological polar surface area (TPSA) is 88.6 Å². The van der Waals surface area contributed by atoms with Gasteiger partial charge in [0.05, 0.1) is 17.4 Å². The van der Waals surface area contributed by atoms with E-state index in [9.17, 15) is 14.9 Å². The summed E-state index contributed by atoms with van der Waals surface area (Å²) in [6.07, 6.45) is 3.17.